The lowest BCUT2D eigenvalue weighted by atomic mass is 10.2. The van der Waals surface area contributed by atoms with Crippen molar-refractivity contribution in [1.29, 1.82) is 0 Å². The Labute approximate surface area is 188 Å². The van der Waals surface area contributed by atoms with Crippen molar-refractivity contribution in [2.24, 2.45) is 0 Å². The van der Waals surface area contributed by atoms with Crippen molar-refractivity contribution in [3.63, 3.8) is 0 Å². The second-order valence-electron chi connectivity index (χ2n) is 7.51. The van der Waals surface area contributed by atoms with Crippen molar-refractivity contribution in [3.05, 3.63) is 51.4 Å². The molecular formula is C22H24N4O5S. The van der Waals surface area contributed by atoms with Gasteiger partial charge in [-0.1, -0.05) is 12.1 Å². The fourth-order valence-corrected chi connectivity index (χ4v) is 4.73. The molecule has 4 rings (SSSR count). The number of aryl methyl sites for hydroxylation is 1. The van der Waals surface area contributed by atoms with Crippen LogP contribution in [0, 0.1) is 6.92 Å². The number of ether oxygens (including phenoxy) is 2. The van der Waals surface area contributed by atoms with Crippen molar-refractivity contribution >= 4 is 39.1 Å². The summed E-state index contributed by atoms with van der Waals surface area (Å²) in [5.74, 6) is -0.116. The van der Waals surface area contributed by atoms with E-state index in [0.29, 0.717) is 38.6 Å². The number of rotatable bonds is 7. The van der Waals surface area contributed by atoms with E-state index in [9.17, 15) is 14.4 Å². The summed E-state index contributed by atoms with van der Waals surface area (Å²) in [7, 11) is 1.52. The van der Waals surface area contributed by atoms with Crippen molar-refractivity contribution < 1.29 is 19.1 Å². The summed E-state index contributed by atoms with van der Waals surface area (Å²) >= 11 is 1.17. The van der Waals surface area contributed by atoms with Crippen LogP contribution in [0.1, 0.15) is 28.1 Å². The first-order chi connectivity index (χ1) is 15.5. The van der Waals surface area contributed by atoms with Gasteiger partial charge >= 0.3 is 0 Å². The molecule has 3 aromatic rings. The van der Waals surface area contributed by atoms with Crippen LogP contribution < -0.4 is 20.9 Å². The number of hydrogen-bond acceptors (Lipinski definition) is 7. The van der Waals surface area contributed by atoms with Gasteiger partial charge in [-0.2, -0.15) is 0 Å². The average Bonchev–Trinajstić information content (AvgIpc) is 3.42. The molecule has 0 bridgehead atoms. The first-order valence-electron chi connectivity index (χ1n) is 10.3. The van der Waals surface area contributed by atoms with Gasteiger partial charge in [0.1, 0.15) is 17.1 Å². The Kier molecular flexibility index (Phi) is 6.52. The minimum absolute atomic E-state index is 0.0331. The van der Waals surface area contributed by atoms with Crippen LogP contribution in [0.25, 0.3) is 10.2 Å². The highest BCUT2D eigenvalue weighted by atomic mass is 32.1. The largest absolute Gasteiger partial charge is 0.495 e. The minimum atomic E-state index is -0.389. The number of nitrogens with zero attached hydrogens (tertiary/aromatic N) is 2. The summed E-state index contributed by atoms with van der Waals surface area (Å²) in [5, 5.41) is 5.97. The molecule has 1 aliphatic rings. The quantitative estimate of drug-likeness (QED) is 0.564. The molecule has 1 fully saturated rings. The van der Waals surface area contributed by atoms with Crippen LogP contribution in [0.5, 0.6) is 5.75 Å². The number of aromatic nitrogens is 2. The number of amides is 2. The lowest BCUT2D eigenvalue weighted by Crippen LogP contribution is -2.31. The summed E-state index contributed by atoms with van der Waals surface area (Å²) in [5.41, 5.74) is 0.711. The lowest BCUT2D eigenvalue weighted by molar-refractivity contribution is -0.116. The normalized spacial score (nSPS) is 15.6. The molecule has 0 saturated carbocycles. The Bertz CT molecular complexity index is 1210. The zero-order valence-electron chi connectivity index (χ0n) is 17.8. The standard InChI is InChI=1S/C22H24N4O5S/c1-13-18-21(32-19(13)20(28)23-10-14-6-5-9-31-14)24-12-26(22(18)29)11-17(27)25-15-7-3-4-8-16(15)30-2/h3-4,7-8,12,14H,5-6,9-11H2,1-2H3,(H,23,28)(H,25,27). The van der Waals surface area contributed by atoms with Crippen molar-refractivity contribution in [2.75, 3.05) is 25.6 Å². The zero-order chi connectivity index (χ0) is 22.7. The van der Waals surface area contributed by atoms with Crippen LogP contribution in [0.4, 0.5) is 5.69 Å². The molecule has 168 valence electrons. The molecule has 1 saturated heterocycles. The van der Waals surface area contributed by atoms with E-state index in [-0.39, 0.29) is 30.0 Å². The average molecular weight is 457 g/mol. The van der Waals surface area contributed by atoms with Crippen LogP contribution in [0.3, 0.4) is 0 Å². The smallest absolute Gasteiger partial charge is 0.262 e. The molecule has 3 heterocycles. The van der Waals surface area contributed by atoms with Gasteiger partial charge in [0.2, 0.25) is 5.91 Å². The van der Waals surface area contributed by atoms with Gasteiger partial charge in [-0.25, -0.2) is 4.98 Å². The summed E-state index contributed by atoms with van der Waals surface area (Å²) in [6, 6.07) is 7.02. The third-order valence-corrected chi connectivity index (χ3v) is 6.53. The van der Waals surface area contributed by atoms with E-state index >= 15 is 0 Å². The molecule has 0 spiro atoms. The van der Waals surface area contributed by atoms with Gasteiger partial charge in [-0.05, 0) is 37.5 Å². The first-order valence-corrected chi connectivity index (χ1v) is 11.1. The molecule has 0 aliphatic carbocycles. The van der Waals surface area contributed by atoms with Gasteiger partial charge in [0.25, 0.3) is 11.5 Å². The summed E-state index contributed by atoms with van der Waals surface area (Å²) in [6.07, 6.45) is 3.28. The number of methoxy groups -OCH3 is 1. The Hall–Kier alpha value is -3.24. The highest BCUT2D eigenvalue weighted by Crippen LogP contribution is 2.27. The van der Waals surface area contributed by atoms with E-state index in [0.717, 1.165) is 19.4 Å². The molecule has 1 aromatic carbocycles. The topological polar surface area (TPSA) is 112 Å². The molecule has 10 heteroatoms. The predicted molar refractivity (Wildman–Crippen MR) is 122 cm³/mol. The maximum absolute atomic E-state index is 13.0. The van der Waals surface area contributed by atoms with Crippen molar-refractivity contribution in [2.45, 2.75) is 32.4 Å². The number of benzene rings is 1. The Balaban J connectivity index is 1.52. The first kappa shape index (κ1) is 22.0. The predicted octanol–water partition coefficient (Wildman–Crippen LogP) is 2.32. The SMILES string of the molecule is COc1ccccc1NC(=O)Cn1cnc2sc(C(=O)NCC3CCCO3)c(C)c2c1=O. The number of nitrogens with one attached hydrogen (secondary N) is 2. The third-order valence-electron chi connectivity index (χ3n) is 5.33. The number of fused-ring (bicyclic) bond motifs is 1. The number of carbonyl (C=O) groups is 2. The van der Waals surface area contributed by atoms with E-state index in [4.69, 9.17) is 9.47 Å². The number of para-hydroxylation sites is 2. The fraction of sp³-hybridized carbons (Fsp3) is 0.364. The number of anilines is 1. The van der Waals surface area contributed by atoms with Crippen LogP contribution in [0.2, 0.25) is 0 Å². The maximum Gasteiger partial charge on any atom is 0.262 e. The van der Waals surface area contributed by atoms with Gasteiger partial charge in [-0.3, -0.25) is 19.0 Å². The van der Waals surface area contributed by atoms with Crippen LogP contribution in [-0.4, -0.2) is 47.7 Å². The Morgan fingerprint density at radius 2 is 2.16 bits per heavy atom. The van der Waals surface area contributed by atoms with Gasteiger partial charge < -0.3 is 20.1 Å². The van der Waals surface area contributed by atoms with Crippen LogP contribution in [0.15, 0.2) is 35.4 Å². The third kappa shape index (κ3) is 4.51. The molecule has 32 heavy (non-hydrogen) atoms. The van der Waals surface area contributed by atoms with Gasteiger partial charge in [0.05, 0.1) is 35.5 Å². The molecule has 9 nitrogen and oxygen atoms in total. The molecule has 2 amide bonds. The van der Waals surface area contributed by atoms with Gasteiger partial charge in [0, 0.05) is 13.2 Å². The molecule has 1 aliphatic heterocycles. The van der Waals surface area contributed by atoms with Crippen LogP contribution >= 0.6 is 11.3 Å². The minimum Gasteiger partial charge on any atom is -0.495 e. The Morgan fingerprint density at radius 1 is 1.34 bits per heavy atom. The summed E-state index contributed by atoms with van der Waals surface area (Å²) in [4.78, 5) is 43.4. The molecule has 2 aromatic heterocycles. The highest BCUT2D eigenvalue weighted by molar-refractivity contribution is 7.20. The van der Waals surface area contributed by atoms with E-state index < -0.39 is 0 Å². The van der Waals surface area contributed by atoms with Crippen LogP contribution in [-0.2, 0) is 16.1 Å². The highest BCUT2D eigenvalue weighted by Gasteiger charge is 2.22. The van der Waals surface area contributed by atoms with Gasteiger partial charge in [-0.15, -0.1) is 11.3 Å². The number of hydrogen-bond donors (Lipinski definition) is 2. The van der Waals surface area contributed by atoms with E-state index in [1.54, 1.807) is 31.2 Å². The molecule has 2 N–H and O–H groups in total. The fourth-order valence-electron chi connectivity index (χ4n) is 3.67. The summed E-state index contributed by atoms with van der Waals surface area (Å²) < 4.78 is 12.0. The maximum atomic E-state index is 13.0. The molecular weight excluding hydrogens is 432 g/mol. The monoisotopic (exact) mass is 456 g/mol. The molecule has 1 atom stereocenters. The second kappa shape index (κ2) is 9.49. The number of thiophene rings is 1. The van der Waals surface area contributed by atoms with Crippen molar-refractivity contribution in [3.8, 4) is 5.75 Å². The Morgan fingerprint density at radius 3 is 2.91 bits per heavy atom. The lowest BCUT2D eigenvalue weighted by Gasteiger charge is -2.10. The van der Waals surface area contributed by atoms with E-state index in [1.807, 2.05) is 0 Å². The van der Waals surface area contributed by atoms with E-state index in [2.05, 4.69) is 15.6 Å². The zero-order valence-corrected chi connectivity index (χ0v) is 18.7. The van der Waals surface area contributed by atoms with Crippen molar-refractivity contribution in [1.82, 2.24) is 14.9 Å². The molecule has 1 unspecified atom stereocenters. The van der Waals surface area contributed by atoms with E-state index in [1.165, 1.54) is 29.3 Å². The molecule has 0 radical (unpaired) electrons. The van der Waals surface area contributed by atoms with Gasteiger partial charge in [0.15, 0.2) is 0 Å². The number of carbonyl (C=O) groups excluding carboxylic acids is 2. The second-order valence-corrected chi connectivity index (χ2v) is 8.51. The summed E-state index contributed by atoms with van der Waals surface area (Å²) in [6.45, 7) is 2.67.